The van der Waals surface area contributed by atoms with Gasteiger partial charge in [-0.05, 0) is 193 Å². The number of nitrogens with zero attached hydrogens (tertiary/aromatic N) is 14. The summed E-state index contributed by atoms with van der Waals surface area (Å²) in [6.45, 7) is 29.4. The van der Waals surface area contributed by atoms with Crippen molar-refractivity contribution in [3.63, 3.8) is 0 Å². The van der Waals surface area contributed by atoms with Crippen LogP contribution in [0.4, 0.5) is 33.0 Å². The minimum Gasteiger partial charge on any atom is -0.444 e. The summed E-state index contributed by atoms with van der Waals surface area (Å²) in [4.78, 5) is 67.5. The van der Waals surface area contributed by atoms with Crippen LogP contribution in [0.1, 0.15) is 141 Å². The number of fused-ring (bicyclic) bond motifs is 4. The van der Waals surface area contributed by atoms with Gasteiger partial charge in [0, 0.05) is 116 Å². The largest absolute Gasteiger partial charge is 0.444 e. The summed E-state index contributed by atoms with van der Waals surface area (Å²) in [5, 5.41) is 0.271. The van der Waals surface area contributed by atoms with E-state index in [0.29, 0.717) is 76.9 Å². The van der Waals surface area contributed by atoms with E-state index in [2.05, 4.69) is 49.7 Å². The molecule has 0 aliphatic carbocycles. The lowest BCUT2D eigenvalue weighted by molar-refractivity contribution is 0.0269. The van der Waals surface area contributed by atoms with Gasteiger partial charge in [-0.1, -0.05) is 0 Å². The third-order valence-corrected chi connectivity index (χ3v) is 17.1. The third kappa shape index (κ3) is 15.5. The van der Waals surface area contributed by atoms with Gasteiger partial charge in [-0.25, -0.2) is 62.0 Å². The molecule has 8 aromatic rings. The second kappa shape index (κ2) is 27.1. The van der Waals surface area contributed by atoms with E-state index >= 15 is 8.78 Å². The van der Waals surface area contributed by atoms with Gasteiger partial charge in [0.1, 0.15) is 57.2 Å². The molecule has 0 spiro atoms. The first-order chi connectivity index (χ1) is 43.1. The van der Waals surface area contributed by atoms with E-state index in [9.17, 15) is 18.4 Å². The van der Waals surface area contributed by atoms with Crippen LogP contribution in [0.25, 0.3) is 44.3 Å². The molecule has 19 nitrogen and oxygen atoms in total. The minimum atomic E-state index is -0.541. The molecule has 6 aromatic heterocycles. The van der Waals surface area contributed by atoms with E-state index in [4.69, 9.17) is 26.8 Å². The molecule has 484 valence electrons. The van der Waals surface area contributed by atoms with Gasteiger partial charge in [0.05, 0.1) is 29.8 Å². The monoisotopic (exact) mass is 1270 g/mol. The standard InChI is InChI=1S/C34H41F2N7O2.C17H25ClN4O2.C16H16F2N4/c1-20(2)43-21(3)40-32-27(35)10-24(11-29(32)43)26-12-25(37-16-28(26)36)13-31-38-14-22(15-39-31)17-41-9-7-8-23-18-42(19-30(23)41)33(44)45-34(4,5)6;1-17(2,3)24-16(23)22-10-13-5-4-6-21(14(13)11-22)9-12-7-19-15(18)20-8-12;1-8(2)22-9(3)21-16-12(17)4-10(5-14(16)22)11-6-15(19)20-7-13(11)18/h10-12,14-16,20,23,30H,7-9,13,17-19H2,1-6H3;7-8,13-14H,4-6,9-11H2,1-3H3;4-8H,1-3H3,(H2,19,20)/t23-,30+;13-,14+;/m00./s1. The van der Waals surface area contributed by atoms with E-state index in [-0.39, 0.29) is 63.6 Å². The number of hydrogen-bond donors (Lipinski definition) is 1. The van der Waals surface area contributed by atoms with Gasteiger partial charge in [0.25, 0.3) is 0 Å². The SMILES string of the molecule is CC(C)(C)OC(=O)N1C[C@@H]2CCCN(Cc3cnc(Cl)nc3)[C@@H]2C1.Cc1nc2c(F)cc(-c3cc(Cc4ncc(CN5CCC[C@H]6CN(C(=O)OC(C)(C)C)C[C@H]65)cn4)ncc3F)cc2n1C(C)C.Cc1nc2c(F)cc(-c3cc(N)ncc3F)cc2n1C(C)C. The predicted octanol–water partition coefficient (Wildman–Crippen LogP) is 13.3. The van der Waals surface area contributed by atoms with Crippen molar-refractivity contribution in [2.75, 3.05) is 45.0 Å². The van der Waals surface area contributed by atoms with Gasteiger partial charge >= 0.3 is 12.2 Å². The molecule has 2 amide bonds. The van der Waals surface area contributed by atoms with E-state index in [1.165, 1.54) is 24.4 Å². The van der Waals surface area contributed by atoms with Crippen LogP contribution >= 0.6 is 11.6 Å². The number of likely N-dealkylation sites (tertiary alicyclic amines) is 4. The minimum absolute atomic E-state index is 0.0732. The molecule has 0 unspecified atom stereocenters. The van der Waals surface area contributed by atoms with Crippen molar-refractivity contribution < 1.29 is 36.6 Å². The number of aryl methyl sites for hydroxylation is 2. The fraction of sp³-hybridized carbons (Fsp3) is 0.493. The summed E-state index contributed by atoms with van der Waals surface area (Å²) in [6, 6.07) is 10.0. The highest BCUT2D eigenvalue weighted by atomic mass is 35.5. The van der Waals surface area contributed by atoms with Crippen LogP contribution in [0.3, 0.4) is 0 Å². The normalized spacial score (nSPS) is 18.7. The average molecular weight is 1270 g/mol. The van der Waals surface area contributed by atoms with Gasteiger partial charge in [0.2, 0.25) is 5.28 Å². The number of ether oxygens (including phenoxy) is 2. The smallest absolute Gasteiger partial charge is 0.410 e. The first kappa shape index (κ1) is 66.0. The molecule has 24 heteroatoms. The maximum atomic E-state index is 15.1. The number of nitrogens with two attached hydrogens (primary N) is 1. The molecule has 12 rings (SSSR count). The molecule has 0 radical (unpaired) electrons. The van der Waals surface area contributed by atoms with Crippen molar-refractivity contribution in [2.45, 2.75) is 164 Å². The Bertz CT molecular complexity index is 3930. The highest BCUT2D eigenvalue weighted by molar-refractivity contribution is 6.28. The number of carbonyl (C=O) groups excluding carboxylic acids is 2. The number of imidazole rings is 2. The maximum absolute atomic E-state index is 15.1. The molecular weight excluding hydrogens is 1190 g/mol. The summed E-state index contributed by atoms with van der Waals surface area (Å²) in [5.74, 6) is 1.07. The number of piperidine rings is 2. The van der Waals surface area contributed by atoms with Crippen LogP contribution in [-0.4, -0.2) is 143 Å². The first-order valence-electron chi connectivity index (χ1n) is 31.2. The van der Waals surface area contributed by atoms with Gasteiger partial charge in [-0.15, -0.1) is 0 Å². The van der Waals surface area contributed by atoms with Crippen LogP contribution in [-0.2, 0) is 29.0 Å². The average Bonchev–Trinajstić information content (AvgIpc) is 1.69. The predicted molar refractivity (Wildman–Crippen MR) is 342 cm³/mol. The number of anilines is 1. The fourth-order valence-corrected chi connectivity index (χ4v) is 13.2. The molecule has 2 aromatic carbocycles. The lowest BCUT2D eigenvalue weighted by Crippen LogP contribution is -2.45. The molecule has 4 atom stereocenters. The zero-order valence-corrected chi connectivity index (χ0v) is 54.7. The first-order valence-corrected chi connectivity index (χ1v) is 31.6. The Hall–Kier alpha value is -7.89. The Morgan fingerprint density at radius 3 is 1.45 bits per heavy atom. The van der Waals surface area contributed by atoms with Crippen LogP contribution in [0.5, 0.6) is 0 Å². The zero-order valence-electron chi connectivity index (χ0n) is 53.9. The zero-order chi connectivity index (χ0) is 65.4. The lowest BCUT2D eigenvalue weighted by Gasteiger charge is -2.36. The Morgan fingerprint density at radius 2 is 1.01 bits per heavy atom. The molecule has 0 bridgehead atoms. The lowest BCUT2D eigenvalue weighted by atomic mass is 9.92. The highest BCUT2D eigenvalue weighted by Crippen LogP contribution is 2.37. The van der Waals surface area contributed by atoms with Crippen molar-refractivity contribution >= 4 is 51.7 Å². The van der Waals surface area contributed by atoms with Gasteiger partial charge in [-0.3, -0.25) is 14.8 Å². The summed E-state index contributed by atoms with van der Waals surface area (Å²) < 4.78 is 73.5. The summed E-state index contributed by atoms with van der Waals surface area (Å²) in [6.07, 6.45) is 13.8. The van der Waals surface area contributed by atoms with Gasteiger partial charge in [0.15, 0.2) is 11.6 Å². The molecule has 4 fully saturated rings. The number of aromatic nitrogens is 10. The Morgan fingerprint density at radius 1 is 0.582 bits per heavy atom. The molecule has 4 saturated heterocycles. The molecule has 0 saturated carbocycles. The highest BCUT2D eigenvalue weighted by Gasteiger charge is 2.43. The topological polar surface area (TPSA) is 205 Å². The number of benzene rings is 2. The Kier molecular flexibility index (Phi) is 19.7. The third-order valence-electron chi connectivity index (χ3n) is 16.9. The van der Waals surface area contributed by atoms with Crippen LogP contribution in [0, 0.1) is 49.0 Å². The van der Waals surface area contributed by atoms with Crippen LogP contribution in [0.2, 0.25) is 5.28 Å². The van der Waals surface area contributed by atoms with Crippen molar-refractivity contribution in [3.05, 3.63) is 136 Å². The van der Waals surface area contributed by atoms with Crippen molar-refractivity contribution in [3.8, 4) is 22.3 Å². The number of halogens is 5. The van der Waals surface area contributed by atoms with E-state index < -0.39 is 34.5 Å². The number of hydrogen-bond acceptors (Lipinski definition) is 15. The van der Waals surface area contributed by atoms with Crippen molar-refractivity contribution in [1.29, 1.82) is 0 Å². The Labute approximate surface area is 533 Å². The molecule has 91 heavy (non-hydrogen) atoms. The van der Waals surface area contributed by atoms with Crippen LogP contribution in [0.15, 0.2) is 73.6 Å². The number of pyridine rings is 2. The van der Waals surface area contributed by atoms with Gasteiger partial charge < -0.3 is 34.1 Å². The molecule has 4 aliphatic heterocycles. The second-order valence-electron chi connectivity index (χ2n) is 26.8. The van der Waals surface area contributed by atoms with Crippen molar-refractivity contribution in [2.24, 2.45) is 11.8 Å². The van der Waals surface area contributed by atoms with Gasteiger partial charge in [-0.2, -0.15) is 0 Å². The molecule has 4 aliphatic rings. The summed E-state index contributed by atoms with van der Waals surface area (Å²) in [5.41, 5.74) is 10.4. The second-order valence-corrected chi connectivity index (χ2v) is 27.2. The number of carbonyl (C=O) groups is 2. The van der Waals surface area contributed by atoms with E-state index in [1.807, 2.05) is 114 Å². The molecule has 2 N–H and O–H groups in total. The summed E-state index contributed by atoms with van der Waals surface area (Å²) in [7, 11) is 0. The summed E-state index contributed by atoms with van der Waals surface area (Å²) >= 11 is 5.76. The fourth-order valence-electron chi connectivity index (χ4n) is 13.1. The molecule has 10 heterocycles. The van der Waals surface area contributed by atoms with E-state index in [1.54, 1.807) is 30.6 Å². The molecular formula is C67H82ClF4N15O4. The number of nitrogen functional groups attached to an aromatic ring is 1. The number of amides is 2. The van der Waals surface area contributed by atoms with Crippen molar-refractivity contribution in [1.82, 2.24) is 68.6 Å². The number of rotatable bonds is 10. The van der Waals surface area contributed by atoms with Crippen LogP contribution < -0.4 is 5.73 Å². The maximum Gasteiger partial charge on any atom is 0.410 e. The Balaban J connectivity index is 0.000000166. The van der Waals surface area contributed by atoms with E-state index in [0.717, 1.165) is 88.1 Å². The quantitative estimate of drug-likeness (QED) is 0.0999.